The predicted molar refractivity (Wildman–Crippen MR) is 197 cm³/mol. The molecule has 6 rings (SSSR count). The largest absolute Gasteiger partial charge is 0.496 e. The first-order valence-corrected chi connectivity index (χ1v) is 17.5. The van der Waals surface area contributed by atoms with Crippen LogP contribution in [0.1, 0.15) is 87.3 Å². The van der Waals surface area contributed by atoms with Crippen LogP contribution >= 0.6 is 0 Å². The molecule has 0 spiro atoms. The number of hydrogen-bond donors (Lipinski definition) is 1. The van der Waals surface area contributed by atoms with Gasteiger partial charge in [-0.25, -0.2) is 14.8 Å². The van der Waals surface area contributed by atoms with Crippen molar-refractivity contribution in [2.45, 2.75) is 92.9 Å². The number of piperidine rings is 1. The van der Waals surface area contributed by atoms with Crippen LogP contribution in [-0.2, 0) is 22.5 Å². The second kappa shape index (κ2) is 13.6. The molecule has 1 atom stereocenters. The molecule has 0 bridgehead atoms. The molecular formula is C40H50N6O4. The molecular weight excluding hydrogens is 628 g/mol. The number of pyridine rings is 2. The average molecular weight is 679 g/mol. The molecule has 0 saturated carbocycles. The molecule has 1 N–H and O–H groups in total. The number of anilines is 2. The summed E-state index contributed by atoms with van der Waals surface area (Å²) < 4.78 is 11.9. The summed E-state index contributed by atoms with van der Waals surface area (Å²) in [6.45, 7) is 19.3. The van der Waals surface area contributed by atoms with E-state index in [1.165, 1.54) is 11.1 Å². The molecule has 264 valence electrons. The van der Waals surface area contributed by atoms with Gasteiger partial charge < -0.3 is 24.4 Å². The molecule has 2 aliphatic rings. The maximum Gasteiger partial charge on any atom is 0.337 e. The number of rotatable bonds is 8. The molecule has 10 nitrogen and oxygen atoms in total. The van der Waals surface area contributed by atoms with Crippen molar-refractivity contribution < 1.29 is 19.4 Å². The second-order valence-electron chi connectivity index (χ2n) is 15.4. The fourth-order valence-electron chi connectivity index (χ4n) is 7.22. The van der Waals surface area contributed by atoms with Gasteiger partial charge in [0.2, 0.25) is 5.95 Å². The van der Waals surface area contributed by atoms with E-state index in [9.17, 15) is 9.90 Å². The van der Waals surface area contributed by atoms with Gasteiger partial charge in [-0.15, -0.1) is 0 Å². The topological polar surface area (TPSA) is 114 Å². The first kappa shape index (κ1) is 35.3. The predicted octanol–water partition coefficient (Wildman–Crippen LogP) is 7.66. The van der Waals surface area contributed by atoms with E-state index in [1.54, 1.807) is 19.5 Å². The van der Waals surface area contributed by atoms with E-state index >= 15 is 0 Å². The summed E-state index contributed by atoms with van der Waals surface area (Å²) >= 11 is 0. The molecule has 10 heteroatoms. The number of fused-ring (bicyclic) bond motifs is 1. The van der Waals surface area contributed by atoms with Crippen LogP contribution in [0.2, 0.25) is 0 Å². The van der Waals surface area contributed by atoms with Gasteiger partial charge in [-0.3, -0.25) is 9.97 Å². The van der Waals surface area contributed by atoms with Crippen LogP contribution in [0.3, 0.4) is 0 Å². The molecule has 4 aromatic rings. The standard InChI is InChI=1S/C40H50N6O4/c1-24-20-31(30-22-41-16-12-32(30)49-9)44-38(42-24)46-17-13-27-21-28(10-11-29(27)23-46)33-25(2)43-26(3)34(36(37(47)48)50-39(4,5)6)35(33)45-18-14-40(7,8)15-19-45/h10-12,16,20-22,36H,13-15,17-19,23H2,1-9H3,(H,47,48)/t36-/m0/s1. The molecule has 1 fully saturated rings. The minimum atomic E-state index is -1.15. The highest BCUT2D eigenvalue weighted by Gasteiger charge is 2.37. The third-order valence-corrected chi connectivity index (χ3v) is 9.88. The maximum atomic E-state index is 12.9. The van der Waals surface area contributed by atoms with Crippen LogP contribution in [0.15, 0.2) is 42.7 Å². The zero-order valence-corrected chi connectivity index (χ0v) is 30.9. The Kier molecular flexibility index (Phi) is 9.61. The van der Waals surface area contributed by atoms with Gasteiger partial charge in [-0.05, 0) is 95.0 Å². The molecule has 0 aliphatic carbocycles. The number of carboxylic acid groups (broad SMARTS) is 1. The zero-order valence-electron chi connectivity index (χ0n) is 30.9. The van der Waals surface area contributed by atoms with E-state index in [4.69, 9.17) is 24.4 Å². The van der Waals surface area contributed by atoms with Gasteiger partial charge in [0.05, 0.1) is 29.7 Å². The van der Waals surface area contributed by atoms with Gasteiger partial charge in [0.15, 0.2) is 6.10 Å². The molecule has 1 saturated heterocycles. The lowest BCUT2D eigenvalue weighted by molar-refractivity contribution is -0.160. The number of carboxylic acids is 1. The lowest BCUT2D eigenvalue weighted by atomic mass is 9.81. The van der Waals surface area contributed by atoms with Gasteiger partial charge in [0.25, 0.3) is 0 Å². The molecule has 5 heterocycles. The minimum absolute atomic E-state index is 0.228. The Hall–Kier alpha value is -4.57. The summed E-state index contributed by atoms with van der Waals surface area (Å²) in [5.41, 5.74) is 9.70. The van der Waals surface area contributed by atoms with Gasteiger partial charge in [0.1, 0.15) is 5.75 Å². The highest BCUT2D eigenvalue weighted by molar-refractivity contribution is 5.88. The van der Waals surface area contributed by atoms with E-state index in [0.29, 0.717) is 23.8 Å². The number of methoxy groups -OCH3 is 1. The highest BCUT2D eigenvalue weighted by Crippen LogP contribution is 2.45. The number of hydrogen-bond acceptors (Lipinski definition) is 9. The van der Waals surface area contributed by atoms with Crippen LogP contribution in [-0.4, -0.2) is 63.4 Å². The number of benzene rings is 1. The lowest BCUT2D eigenvalue weighted by Gasteiger charge is -2.41. The molecule has 2 aliphatic heterocycles. The normalized spacial score (nSPS) is 16.6. The third-order valence-electron chi connectivity index (χ3n) is 9.88. The van der Waals surface area contributed by atoms with Crippen molar-refractivity contribution in [3.8, 4) is 28.1 Å². The Balaban J connectivity index is 1.40. The number of aliphatic carboxylic acids is 1. The molecule has 1 aromatic carbocycles. The lowest BCUT2D eigenvalue weighted by Crippen LogP contribution is -2.39. The Morgan fingerprint density at radius 2 is 1.68 bits per heavy atom. The summed E-state index contributed by atoms with van der Waals surface area (Å²) in [5, 5.41) is 10.6. The SMILES string of the molecule is COc1ccncc1-c1cc(C)nc(N2CCc3cc(-c4c(C)nc(C)c([C@H](OC(C)(C)C)C(=O)O)c4N4CCC(C)(C)CC4)ccc3C2)n1. The van der Waals surface area contributed by atoms with Crippen LogP contribution < -0.4 is 14.5 Å². The second-order valence-corrected chi connectivity index (χ2v) is 15.4. The maximum absolute atomic E-state index is 12.9. The Morgan fingerprint density at radius 3 is 2.36 bits per heavy atom. The molecule has 0 amide bonds. The Morgan fingerprint density at radius 1 is 0.940 bits per heavy atom. The number of ether oxygens (including phenoxy) is 2. The van der Waals surface area contributed by atoms with Crippen molar-refractivity contribution in [1.82, 2.24) is 19.9 Å². The summed E-state index contributed by atoms with van der Waals surface area (Å²) in [5.74, 6) is 0.391. The van der Waals surface area contributed by atoms with Crippen LogP contribution in [0.4, 0.5) is 11.6 Å². The fourth-order valence-corrected chi connectivity index (χ4v) is 7.22. The number of aryl methyl sites for hydroxylation is 3. The number of nitrogens with zero attached hydrogens (tertiary/aromatic N) is 6. The molecule has 3 aromatic heterocycles. The van der Waals surface area contributed by atoms with E-state index in [-0.39, 0.29) is 5.41 Å². The number of aromatic nitrogens is 4. The minimum Gasteiger partial charge on any atom is -0.496 e. The van der Waals surface area contributed by atoms with Crippen LogP contribution in [0.25, 0.3) is 22.4 Å². The van der Waals surface area contributed by atoms with Crippen molar-refractivity contribution >= 4 is 17.6 Å². The van der Waals surface area contributed by atoms with Crippen molar-refractivity contribution in [3.63, 3.8) is 0 Å². The number of carbonyl (C=O) groups is 1. The smallest absolute Gasteiger partial charge is 0.337 e. The Bertz CT molecular complexity index is 1910. The summed E-state index contributed by atoms with van der Waals surface area (Å²) in [4.78, 5) is 36.5. The van der Waals surface area contributed by atoms with E-state index in [0.717, 1.165) is 84.1 Å². The summed E-state index contributed by atoms with van der Waals surface area (Å²) in [6, 6.07) is 10.4. The zero-order chi connectivity index (χ0) is 36.0. The van der Waals surface area contributed by atoms with Crippen molar-refractivity contribution in [2.24, 2.45) is 5.41 Å². The van der Waals surface area contributed by atoms with E-state index in [2.05, 4.69) is 46.8 Å². The molecule has 0 unspecified atom stereocenters. The third kappa shape index (κ3) is 7.31. The van der Waals surface area contributed by atoms with Crippen molar-refractivity contribution in [1.29, 1.82) is 0 Å². The first-order valence-electron chi connectivity index (χ1n) is 17.5. The van der Waals surface area contributed by atoms with E-state index in [1.807, 2.05) is 53.7 Å². The average Bonchev–Trinajstić information content (AvgIpc) is 3.06. The van der Waals surface area contributed by atoms with Gasteiger partial charge in [0, 0.05) is 66.8 Å². The van der Waals surface area contributed by atoms with Crippen LogP contribution in [0.5, 0.6) is 5.75 Å². The quantitative estimate of drug-likeness (QED) is 0.199. The van der Waals surface area contributed by atoms with Crippen molar-refractivity contribution in [2.75, 3.05) is 36.5 Å². The van der Waals surface area contributed by atoms with Gasteiger partial charge in [-0.1, -0.05) is 32.0 Å². The monoisotopic (exact) mass is 678 g/mol. The fraction of sp³-hybridized carbons (Fsp3) is 0.475. The Labute approximate surface area is 295 Å². The highest BCUT2D eigenvalue weighted by atomic mass is 16.5. The van der Waals surface area contributed by atoms with Gasteiger partial charge in [-0.2, -0.15) is 0 Å². The summed E-state index contributed by atoms with van der Waals surface area (Å²) in [7, 11) is 1.65. The molecule has 50 heavy (non-hydrogen) atoms. The first-order chi connectivity index (χ1) is 23.6. The van der Waals surface area contributed by atoms with Crippen molar-refractivity contribution in [3.05, 3.63) is 76.5 Å². The van der Waals surface area contributed by atoms with Gasteiger partial charge >= 0.3 is 5.97 Å². The summed E-state index contributed by atoms with van der Waals surface area (Å²) in [6.07, 6.45) is 5.18. The molecule has 0 radical (unpaired) electrons. The van der Waals surface area contributed by atoms with E-state index < -0.39 is 17.7 Å². The van der Waals surface area contributed by atoms with Crippen LogP contribution in [0, 0.1) is 26.2 Å².